The highest BCUT2D eigenvalue weighted by atomic mass is 32.1. The maximum Gasteiger partial charge on any atom is 0.380 e. The van der Waals surface area contributed by atoms with E-state index in [4.69, 9.17) is 9.47 Å². The Morgan fingerprint density at radius 3 is 1.29 bits per heavy atom. The van der Waals surface area contributed by atoms with E-state index in [1.807, 2.05) is 0 Å². The van der Waals surface area contributed by atoms with Crippen molar-refractivity contribution >= 4 is 45.2 Å². The van der Waals surface area contributed by atoms with E-state index in [0.29, 0.717) is 22.7 Å². The average Bonchev–Trinajstić information content (AvgIpc) is 3.62. The van der Waals surface area contributed by atoms with Crippen LogP contribution in [-0.4, -0.2) is 50.8 Å². The van der Waals surface area contributed by atoms with E-state index < -0.39 is 60.3 Å². The molecule has 0 saturated carbocycles. The van der Waals surface area contributed by atoms with E-state index >= 15 is 26.3 Å². The minimum atomic E-state index is -5.94. The molecule has 0 saturated heterocycles. The predicted octanol–water partition coefficient (Wildman–Crippen LogP) is 8.38. The molecule has 4 aromatic rings. The van der Waals surface area contributed by atoms with Crippen LogP contribution in [0.25, 0.3) is 32.3 Å². The summed E-state index contributed by atoms with van der Waals surface area (Å²) in [6.45, 7) is 2.54. The van der Waals surface area contributed by atoms with Crippen LogP contribution in [0.5, 0.6) is 10.1 Å². The number of nitro benzene ring substituents is 2. The zero-order valence-electron chi connectivity index (χ0n) is 22.9. The van der Waals surface area contributed by atoms with Crippen molar-refractivity contribution in [1.29, 1.82) is 0 Å². The van der Waals surface area contributed by atoms with E-state index in [2.05, 4.69) is 9.97 Å². The molecule has 2 aromatic heterocycles. The second-order valence-electron chi connectivity index (χ2n) is 9.26. The van der Waals surface area contributed by atoms with Gasteiger partial charge in [-0.3, -0.25) is 20.2 Å². The lowest BCUT2D eigenvalue weighted by Crippen LogP contribution is -2.49. The van der Waals surface area contributed by atoms with Crippen LogP contribution in [0.15, 0.2) is 48.5 Å². The number of thiazole rings is 2. The van der Waals surface area contributed by atoms with Gasteiger partial charge >= 0.3 is 17.8 Å². The lowest BCUT2D eigenvalue weighted by molar-refractivity contribution is -0.385. The highest BCUT2D eigenvalue weighted by Gasteiger charge is 2.81. The van der Waals surface area contributed by atoms with Gasteiger partial charge in [-0.25, -0.2) is 9.97 Å². The predicted molar refractivity (Wildman–Crippen MR) is 152 cm³/mol. The number of rotatable bonds is 10. The van der Waals surface area contributed by atoms with Crippen molar-refractivity contribution in [2.75, 3.05) is 13.2 Å². The fourth-order valence-corrected chi connectivity index (χ4v) is 6.42. The van der Waals surface area contributed by atoms with Crippen LogP contribution in [0, 0.1) is 20.2 Å². The summed E-state index contributed by atoms with van der Waals surface area (Å²) in [5.41, 5.74) is -5.95. The summed E-state index contributed by atoms with van der Waals surface area (Å²) in [7, 11) is 0. The highest BCUT2D eigenvalue weighted by molar-refractivity contribution is 7.17. The van der Waals surface area contributed by atoms with Gasteiger partial charge in [-0.2, -0.15) is 26.3 Å². The van der Waals surface area contributed by atoms with Gasteiger partial charge in [0.1, 0.15) is 21.4 Å². The van der Waals surface area contributed by atoms with Crippen LogP contribution in [0.4, 0.5) is 37.7 Å². The van der Waals surface area contributed by atoms with E-state index in [-0.39, 0.29) is 45.7 Å². The van der Waals surface area contributed by atoms with Gasteiger partial charge in [0.15, 0.2) is 0 Å². The molecule has 5 rings (SSSR count). The Kier molecular flexibility index (Phi) is 8.07. The molecule has 18 heteroatoms. The summed E-state index contributed by atoms with van der Waals surface area (Å²) in [4.78, 5) is 28.7. The molecule has 1 aliphatic rings. The minimum absolute atomic E-state index is 0.126. The number of aromatic nitrogens is 2. The third-order valence-corrected chi connectivity index (χ3v) is 8.57. The Morgan fingerprint density at radius 2 is 1.00 bits per heavy atom. The fraction of sp³-hybridized carbons (Fsp3) is 0.259. The zero-order valence-corrected chi connectivity index (χ0v) is 24.5. The smallest absolute Gasteiger partial charge is 0.380 e. The number of hydrogen-bond acceptors (Lipinski definition) is 10. The molecular formula is C27H18F6N4O6S2. The topological polar surface area (TPSA) is 131 Å². The van der Waals surface area contributed by atoms with E-state index in [9.17, 15) is 20.2 Å². The van der Waals surface area contributed by atoms with Crippen LogP contribution in [0.1, 0.15) is 25.2 Å². The number of allylic oxidation sites excluding steroid dienone is 2. The summed E-state index contributed by atoms with van der Waals surface area (Å²) >= 11 is 1.18. The number of nitrogens with zero attached hydrogens (tertiary/aromatic N) is 4. The number of benzene rings is 2. The third-order valence-electron chi connectivity index (χ3n) is 6.53. The number of ether oxygens (including phenoxy) is 2. The molecule has 0 N–H and O–H groups in total. The van der Waals surface area contributed by atoms with Gasteiger partial charge in [-0.1, -0.05) is 22.7 Å². The lowest BCUT2D eigenvalue weighted by atomic mass is 10.0. The Bertz CT molecular complexity index is 1690. The molecule has 236 valence electrons. The van der Waals surface area contributed by atoms with E-state index in [0.717, 1.165) is 24.3 Å². The number of alkyl halides is 6. The van der Waals surface area contributed by atoms with Gasteiger partial charge < -0.3 is 9.47 Å². The monoisotopic (exact) mass is 672 g/mol. The molecule has 45 heavy (non-hydrogen) atoms. The Labute approximate surface area is 256 Å². The Balaban J connectivity index is 1.78. The molecule has 0 radical (unpaired) electrons. The van der Waals surface area contributed by atoms with Crippen molar-refractivity contribution in [3.8, 4) is 31.3 Å². The second kappa shape index (κ2) is 11.4. The molecule has 0 unspecified atom stereocenters. The third kappa shape index (κ3) is 5.16. The van der Waals surface area contributed by atoms with Crippen molar-refractivity contribution in [1.82, 2.24) is 9.97 Å². The van der Waals surface area contributed by atoms with Gasteiger partial charge in [-0.15, -0.1) is 0 Å². The minimum Gasteiger partial charge on any atom is -0.483 e. The molecular weight excluding hydrogens is 654 g/mol. The first-order valence-corrected chi connectivity index (χ1v) is 14.4. The molecule has 0 spiro atoms. The van der Waals surface area contributed by atoms with Crippen molar-refractivity contribution < 1.29 is 45.7 Å². The van der Waals surface area contributed by atoms with Crippen LogP contribution < -0.4 is 9.47 Å². The molecule has 0 fully saturated rings. The maximum atomic E-state index is 15.7. The first kappa shape index (κ1) is 31.8. The zero-order chi connectivity index (χ0) is 32.9. The average molecular weight is 673 g/mol. The summed E-state index contributed by atoms with van der Waals surface area (Å²) in [5, 5.41) is 20.9. The summed E-state index contributed by atoms with van der Waals surface area (Å²) in [6, 6.07) is 9.29. The molecule has 0 aliphatic heterocycles. The molecule has 2 aromatic carbocycles. The van der Waals surface area contributed by atoms with Gasteiger partial charge in [-0.05, 0) is 38.1 Å². The van der Waals surface area contributed by atoms with Gasteiger partial charge in [0, 0.05) is 35.4 Å². The fourth-order valence-electron chi connectivity index (χ4n) is 4.44. The van der Waals surface area contributed by atoms with Crippen molar-refractivity contribution in [2.24, 2.45) is 0 Å². The highest BCUT2D eigenvalue weighted by Crippen LogP contribution is 2.66. The lowest BCUT2D eigenvalue weighted by Gasteiger charge is -2.25. The first-order chi connectivity index (χ1) is 21.1. The van der Waals surface area contributed by atoms with Crippen LogP contribution in [0.2, 0.25) is 0 Å². The molecule has 0 atom stereocenters. The number of nitro groups is 2. The van der Waals surface area contributed by atoms with Crippen LogP contribution in [-0.2, 0) is 0 Å². The summed E-state index contributed by atoms with van der Waals surface area (Å²) < 4.78 is 104. The van der Waals surface area contributed by atoms with Crippen LogP contribution >= 0.6 is 22.7 Å². The number of hydrogen-bond donors (Lipinski definition) is 0. The molecule has 0 amide bonds. The maximum absolute atomic E-state index is 15.7. The summed E-state index contributed by atoms with van der Waals surface area (Å²) in [6.07, 6.45) is 0. The molecule has 1 aliphatic carbocycles. The van der Waals surface area contributed by atoms with Crippen molar-refractivity contribution in [3.63, 3.8) is 0 Å². The largest absolute Gasteiger partial charge is 0.483 e. The number of non-ortho nitro benzene ring substituents is 2. The molecule has 10 nitrogen and oxygen atoms in total. The molecule has 2 heterocycles. The quantitative estimate of drug-likeness (QED) is 0.0933. The van der Waals surface area contributed by atoms with Gasteiger partial charge in [0.25, 0.3) is 11.4 Å². The van der Waals surface area contributed by atoms with Crippen LogP contribution in [0.3, 0.4) is 0 Å². The van der Waals surface area contributed by atoms with Gasteiger partial charge in [0.2, 0.25) is 10.1 Å². The molecule has 0 bridgehead atoms. The second-order valence-corrected chi connectivity index (χ2v) is 11.2. The number of halogens is 6. The first-order valence-electron chi connectivity index (χ1n) is 12.8. The van der Waals surface area contributed by atoms with Crippen molar-refractivity contribution in [3.05, 3.63) is 80.1 Å². The van der Waals surface area contributed by atoms with E-state index in [1.54, 1.807) is 0 Å². The SMILES string of the molecule is CCOc1sc(-c2ccc([N+](=O)[O-])cc2)nc1C1=C(c2nc(-c3ccc([N+](=O)[O-])cc3)sc2OCC)C(F)(F)C(F)(F)C1(F)F. The summed E-state index contributed by atoms with van der Waals surface area (Å²) in [5.74, 6) is -16.9. The van der Waals surface area contributed by atoms with Gasteiger partial charge in [0.05, 0.1) is 34.2 Å². The Hall–Kier alpha value is -4.58. The Morgan fingerprint density at radius 1 is 0.667 bits per heavy atom. The van der Waals surface area contributed by atoms with E-state index in [1.165, 1.54) is 38.1 Å². The normalized spacial score (nSPS) is 16.5. The van der Waals surface area contributed by atoms with Crippen molar-refractivity contribution in [2.45, 2.75) is 31.6 Å². The standard InChI is InChI=1S/C27H18F6N4O6S2/c1-3-42-23-19(34-21(44-23)13-5-9-15(10-6-13)36(38)39)17-18(26(30,31)27(32,33)25(17,28)29)20-24(43-4-2)45-22(35-20)14-7-11-16(12-8-14)37(40)41/h5-12H,3-4H2,1-2H3.